The Morgan fingerprint density at radius 2 is 1.31 bits per heavy atom. The Morgan fingerprint density at radius 1 is 0.615 bits per heavy atom. The zero-order valence-electron chi connectivity index (χ0n) is 29.1. The van der Waals surface area contributed by atoms with E-state index in [1.807, 2.05) is 18.2 Å². The standard InChI is InChI=1S/C31H25N2.C15H8NS2.Ir/c1-19-10-9-11-20(2)28(19)29-23-13-6-8-15-27(23)32-30(33-29)21-16-17-26-24(18-21)22-12-5-7-14-25(22)31(26,3)4;1-3-7-12-10(5-1)9-14(17-12)15-16-11-6-2-4-8-13(11)18-15;/h5-15,17-18H,1-4H3;1-8H;/q2*-1;. The number of hydrogen-bond acceptors (Lipinski definition) is 5. The number of para-hydroxylation sites is 2. The van der Waals surface area contributed by atoms with Gasteiger partial charge in [-0.05, 0) is 69.3 Å². The van der Waals surface area contributed by atoms with Crippen LogP contribution < -0.4 is 0 Å². The van der Waals surface area contributed by atoms with Gasteiger partial charge in [0.05, 0.1) is 27.6 Å². The summed E-state index contributed by atoms with van der Waals surface area (Å²) in [6.07, 6.45) is 0. The summed E-state index contributed by atoms with van der Waals surface area (Å²) in [5.41, 5.74) is 12.8. The third-order valence-corrected chi connectivity index (χ3v) is 12.2. The first-order valence-corrected chi connectivity index (χ1v) is 18.7. The zero-order valence-corrected chi connectivity index (χ0v) is 33.1. The molecule has 3 aromatic heterocycles. The number of aryl methyl sites for hydroxylation is 2. The molecule has 255 valence electrons. The molecule has 0 saturated carbocycles. The Bertz CT molecular complexity index is 2620. The van der Waals surface area contributed by atoms with Crippen LogP contribution in [0.3, 0.4) is 0 Å². The molecule has 0 fully saturated rings. The maximum absolute atomic E-state index is 5.14. The van der Waals surface area contributed by atoms with Crippen LogP contribution in [0.5, 0.6) is 0 Å². The van der Waals surface area contributed by atoms with Gasteiger partial charge in [-0.15, -0.1) is 52.9 Å². The van der Waals surface area contributed by atoms with E-state index in [0.29, 0.717) is 0 Å². The van der Waals surface area contributed by atoms with E-state index < -0.39 is 0 Å². The summed E-state index contributed by atoms with van der Waals surface area (Å²) in [4.78, 5) is 15.9. The normalized spacial score (nSPS) is 12.6. The van der Waals surface area contributed by atoms with Gasteiger partial charge in [-0.2, -0.15) is 11.3 Å². The maximum Gasteiger partial charge on any atom is 0.0763 e. The number of aromatic nitrogens is 3. The Morgan fingerprint density at radius 3 is 2.10 bits per heavy atom. The minimum Gasteiger partial charge on any atom is -0.283 e. The van der Waals surface area contributed by atoms with Crippen molar-refractivity contribution in [2.45, 2.75) is 33.1 Å². The Balaban J connectivity index is 0.000000172. The molecule has 9 aromatic rings. The van der Waals surface area contributed by atoms with Gasteiger partial charge in [0.15, 0.2) is 0 Å². The number of thiazole rings is 1. The van der Waals surface area contributed by atoms with Crippen LogP contribution >= 0.6 is 22.7 Å². The second-order valence-electron chi connectivity index (χ2n) is 13.6. The van der Waals surface area contributed by atoms with Gasteiger partial charge in [0, 0.05) is 35.8 Å². The van der Waals surface area contributed by atoms with Gasteiger partial charge in [-0.25, -0.2) is 11.3 Å². The van der Waals surface area contributed by atoms with Crippen molar-refractivity contribution in [3.8, 4) is 43.7 Å². The number of fused-ring (bicyclic) bond motifs is 6. The van der Waals surface area contributed by atoms with Crippen molar-refractivity contribution in [1.29, 1.82) is 0 Å². The summed E-state index contributed by atoms with van der Waals surface area (Å²) < 4.78 is 2.50. The largest absolute Gasteiger partial charge is 0.283 e. The molecule has 10 rings (SSSR count). The van der Waals surface area contributed by atoms with Gasteiger partial charge >= 0.3 is 0 Å². The van der Waals surface area contributed by atoms with Crippen molar-refractivity contribution >= 4 is 53.9 Å². The molecule has 0 atom stereocenters. The Labute approximate surface area is 325 Å². The average molecular weight is 884 g/mol. The number of rotatable bonds is 3. The van der Waals surface area contributed by atoms with Crippen molar-refractivity contribution in [2.24, 2.45) is 0 Å². The number of hydrogen-bond donors (Lipinski definition) is 0. The van der Waals surface area contributed by atoms with E-state index in [2.05, 4.69) is 154 Å². The van der Waals surface area contributed by atoms with E-state index in [9.17, 15) is 0 Å². The quantitative estimate of drug-likeness (QED) is 0.166. The molecule has 3 heterocycles. The molecule has 6 heteroatoms. The maximum atomic E-state index is 5.14. The minimum atomic E-state index is -0.0331. The summed E-state index contributed by atoms with van der Waals surface area (Å²) >= 11 is 3.49. The smallest absolute Gasteiger partial charge is 0.0763 e. The molecule has 0 saturated heterocycles. The van der Waals surface area contributed by atoms with E-state index in [4.69, 9.17) is 9.97 Å². The predicted octanol–water partition coefficient (Wildman–Crippen LogP) is 12.7. The van der Waals surface area contributed by atoms with Crippen LogP contribution in [0.2, 0.25) is 0 Å². The van der Waals surface area contributed by atoms with Crippen LogP contribution in [0.4, 0.5) is 0 Å². The van der Waals surface area contributed by atoms with Gasteiger partial charge in [-0.1, -0.05) is 104 Å². The third kappa shape index (κ3) is 5.90. The Hall–Kier alpha value is -4.84. The summed E-state index contributed by atoms with van der Waals surface area (Å²) in [6.45, 7) is 8.88. The first-order chi connectivity index (χ1) is 24.8. The topological polar surface area (TPSA) is 38.7 Å². The van der Waals surface area contributed by atoms with Crippen LogP contribution in [0.25, 0.3) is 74.9 Å². The molecule has 0 aliphatic heterocycles. The molecule has 1 aliphatic rings. The van der Waals surface area contributed by atoms with E-state index in [1.165, 1.54) is 53.7 Å². The van der Waals surface area contributed by atoms with Crippen molar-refractivity contribution in [3.05, 3.63) is 162 Å². The average Bonchev–Trinajstić information content (AvgIpc) is 3.85. The fourth-order valence-corrected chi connectivity index (χ4v) is 9.33. The monoisotopic (exact) mass is 884 g/mol. The zero-order chi connectivity index (χ0) is 34.7. The molecular weight excluding hydrogens is 851 g/mol. The fourth-order valence-electron chi connectivity index (χ4n) is 7.33. The molecule has 0 amide bonds. The van der Waals surface area contributed by atoms with Crippen molar-refractivity contribution in [2.75, 3.05) is 0 Å². The van der Waals surface area contributed by atoms with E-state index in [0.717, 1.165) is 43.4 Å². The molecule has 1 radical (unpaired) electrons. The predicted molar refractivity (Wildman–Crippen MR) is 216 cm³/mol. The van der Waals surface area contributed by atoms with E-state index in [-0.39, 0.29) is 25.5 Å². The molecule has 0 bridgehead atoms. The molecule has 52 heavy (non-hydrogen) atoms. The third-order valence-electron chi connectivity index (χ3n) is 9.91. The van der Waals surface area contributed by atoms with Crippen molar-refractivity contribution in [1.82, 2.24) is 15.0 Å². The summed E-state index contributed by atoms with van der Waals surface area (Å²) in [5, 5.41) is 3.32. The van der Waals surface area contributed by atoms with Crippen LogP contribution in [0.1, 0.15) is 36.1 Å². The number of benzene rings is 6. The first kappa shape index (κ1) is 34.3. The van der Waals surface area contributed by atoms with Crippen molar-refractivity contribution < 1.29 is 20.1 Å². The molecule has 1 aliphatic carbocycles. The van der Waals surface area contributed by atoms with Crippen LogP contribution in [-0.2, 0) is 25.5 Å². The molecule has 0 unspecified atom stereocenters. The van der Waals surface area contributed by atoms with E-state index in [1.54, 1.807) is 22.7 Å². The summed E-state index contributed by atoms with van der Waals surface area (Å²) in [7, 11) is 0. The van der Waals surface area contributed by atoms with Gasteiger partial charge in [-0.3, -0.25) is 15.0 Å². The Kier molecular flexibility index (Phi) is 8.97. The second-order valence-corrected chi connectivity index (χ2v) is 15.6. The van der Waals surface area contributed by atoms with Crippen molar-refractivity contribution in [3.63, 3.8) is 0 Å². The molecule has 3 nitrogen and oxygen atoms in total. The minimum absolute atomic E-state index is 0. The van der Waals surface area contributed by atoms with Gasteiger partial charge in [0.25, 0.3) is 0 Å². The van der Waals surface area contributed by atoms with Gasteiger partial charge in [0.1, 0.15) is 0 Å². The molecule has 0 N–H and O–H groups in total. The second kappa shape index (κ2) is 13.6. The SMILES string of the molecule is Cc1cccc(C)c1-c1nc(-c2[c-]cc3c(c2)-c2ccccc2C3(C)C)nc2ccccc12.[Ir].[c-]1c(-c2nc3ccccc3s2)sc2ccccc12. The number of nitrogens with zero attached hydrogens (tertiary/aromatic N) is 3. The summed E-state index contributed by atoms with van der Waals surface area (Å²) in [5.74, 6) is 0.719. The summed E-state index contributed by atoms with van der Waals surface area (Å²) in [6, 6.07) is 51.3. The van der Waals surface area contributed by atoms with Crippen LogP contribution in [0.15, 0.2) is 127 Å². The van der Waals surface area contributed by atoms with E-state index >= 15 is 0 Å². The molecule has 0 spiro atoms. The fraction of sp³-hybridized carbons (Fsp3) is 0.109. The van der Waals surface area contributed by atoms with Crippen LogP contribution in [-0.4, -0.2) is 15.0 Å². The number of thiophene rings is 1. The first-order valence-electron chi connectivity index (χ1n) is 17.1. The van der Waals surface area contributed by atoms with Gasteiger partial charge in [0.2, 0.25) is 0 Å². The van der Waals surface area contributed by atoms with Gasteiger partial charge < -0.3 is 0 Å². The molecular formula is C46H33IrN3S2-2. The van der Waals surface area contributed by atoms with Crippen LogP contribution in [0, 0.1) is 26.0 Å². The molecule has 6 aromatic carbocycles.